The average molecular weight is 393 g/mol. The fourth-order valence-corrected chi connectivity index (χ4v) is 3.17. The van der Waals surface area contributed by atoms with Crippen LogP contribution >= 0.6 is 0 Å². The third kappa shape index (κ3) is 4.11. The molecule has 3 heterocycles. The maximum Gasteiger partial charge on any atom is 0.213 e. The zero-order valence-corrected chi connectivity index (χ0v) is 15.5. The quantitative estimate of drug-likeness (QED) is 0.660. The van der Waals surface area contributed by atoms with Crippen LogP contribution in [0.3, 0.4) is 0 Å². The van der Waals surface area contributed by atoms with Gasteiger partial charge in [0.15, 0.2) is 11.4 Å². The summed E-state index contributed by atoms with van der Waals surface area (Å²) in [5.74, 6) is 0.920. The van der Waals surface area contributed by atoms with E-state index in [2.05, 4.69) is 15.1 Å². The lowest BCUT2D eigenvalue weighted by atomic mass is 9.83. The van der Waals surface area contributed by atoms with E-state index in [0.717, 1.165) is 0 Å². The summed E-state index contributed by atoms with van der Waals surface area (Å²) in [6, 6.07) is 10.3. The summed E-state index contributed by atoms with van der Waals surface area (Å²) in [6.45, 7) is -0.158. The van der Waals surface area contributed by atoms with Crippen molar-refractivity contribution < 1.29 is 13.7 Å². The molecule has 0 radical (unpaired) electrons. The number of nitrogens with zero attached hydrogens (tertiary/aromatic N) is 3. The molecule has 0 spiro atoms. The Morgan fingerprint density at radius 1 is 1.17 bits per heavy atom. The molecule has 2 atom stereocenters. The van der Waals surface area contributed by atoms with E-state index in [1.807, 2.05) is 6.08 Å². The van der Waals surface area contributed by atoms with Gasteiger partial charge >= 0.3 is 0 Å². The second-order valence-corrected chi connectivity index (χ2v) is 6.79. The maximum absolute atomic E-state index is 15.7. The van der Waals surface area contributed by atoms with E-state index < -0.39 is 11.6 Å². The van der Waals surface area contributed by atoms with Crippen molar-refractivity contribution in [3.05, 3.63) is 72.6 Å². The number of halogens is 1. The zero-order chi connectivity index (χ0) is 20.3. The molecule has 4 N–H and O–H groups in total. The van der Waals surface area contributed by atoms with Crippen LogP contribution in [0.15, 0.2) is 71.4 Å². The first-order chi connectivity index (χ1) is 14.0. The Hall–Kier alpha value is -3.68. The Labute approximate surface area is 166 Å². The largest absolute Gasteiger partial charge is 0.474 e. The normalized spacial score (nSPS) is 20.7. The number of rotatable bonds is 6. The van der Waals surface area contributed by atoms with Gasteiger partial charge in [0.1, 0.15) is 18.2 Å². The third-order valence-corrected chi connectivity index (χ3v) is 4.72. The van der Waals surface area contributed by atoms with Crippen LogP contribution in [0.2, 0.25) is 0 Å². The summed E-state index contributed by atoms with van der Waals surface area (Å²) in [6.07, 6.45) is 8.72. The van der Waals surface area contributed by atoms with Gasteiger partial charge in [-0.1, -0.05) is 29.5 Å². The van der Waals surface area contributed by atoms with Gasteiger partial charge in [-0.15, -0.1) is 0 Å². The first kappa shape index (κ1) is 18.7. The molecule has 0 saturated heterocycles. The van der Waals surface area contributed by atoms with Gasteiger partial charge in [0, 0.05) is 30.7 Å². The Morgan fingerprint density at radius 2 is 2.07 bits per heavy atom. The molecule has 7 nitrogen and oxygen atoms in total. The molecular weight excluding hydrogens is 373 g/mol. The first-order valence-corrected chi connectivity index (χ1v) is 9.10. The fourth-order valence-electron chi connectivity index (χ4n) is 3.17. The van der Waals surface area contributed by atoms with Crippen LogP contribution in [0.4, 0.5) is 16.0 Å². The highest BCUT2D eigenvalue weighted by Gasteiger charge is 2.38. The summed E-state index contributed by atoms with van der Waals surface area (Å²) < 4.78 is 26.6. The number of pyridine rings is 2. The molecule has 3 aromatic heterocycles. The minimum atomic E-state index is -1.70. The highest BCUT2D eigenvalue weighted by Crippen LogP contribution is 2.33. The van der Waals surface area contributed by atoms with Gasteiger partial charge in [-0.05, 0) is 24.3 Å². The smallest absolute Gasteiger partial charge is 0.213 e. The molecule has 2 unspecified atom stereocenters. The van der Waals surface area contributed by atoms with Gasteiger partial charge in [-0.2, -0.15) is 0 Å². The zero-order valence-electron chi connectivity index (χ0n) is 15.5. The Bertz CT molecular complexity index is 1050. The lowest BCUT2D eigenvalue weighted by Crippen LogP contribution is -2.39. The monoisotopic (exact) mass is 393 g/mol. The van der Waals surface area contributed by atoms with Crippen LogP contribution in [0, 0.1) is 5.92 Å². The van der Waals surface area contributed by atoms with E-state index in [1.165, 1.54) is 6.08 Å². The number of ether oxygens (including phenoxy) is 1. The Balaban J connectivity index is 1.49. The summed E-state index contributed by atoms with van der Waals surface area (Å²) in [5, 5.41) is 4.07. The highest BCUT2D eigenvalue weighted by atomic mass is 19.1. The van der Waals surface area contributed by atoms with Crippen LogP contribution in [0.5, 0.6) is 5.88 Å². The number of nitrogens with two attached hydrogens (primary N) is 2. The molecule has 1 aliphatic rings. The van der Waals surface area contributed by atoms with E-state index in [9.17, 15) is 0 Å². The van der Waals surface area contributed by atoms with Gasteiger partial charge in [-0.25, -0.2) is 14.4 Å². The summed E-state index contributed by atoms with van der Waals surface area (Å²) in [7, 11) is 0. The van der Waals surface area contributed by atoms with Crippen molar-refractivity contribution in [2.75, 3.05) is 18.1 Å². The summed E-state index contributed by atoms with van der Waals surface area (Å²) >= 11 is 0. The van der Waals surface area contributed by atoms with Gasteiger partial charge < -0.3 is 20.7 Å². The van der Waals surface area contributed by atoms with Crippen molar-refractivity contribution in [1.29, 1.82) is 0 Å². The minimum absolute atomic E-state index is 0.158. The highest BCUT2D eigenvalue weighted by molar-refractivity contribution is 5.71. The number of hydrogen-bond acceptors (Lipinski definition) is 7. The standard InChI is InChI=1S/C21H20FN5O2/c22-21(13-28-19-6-2-4-10-25-19)9-3-1-5-14(21)11-15-12-17(29-27-15)16-7-8-18(23)26-20(16)24/h1-10,12,14H,11,13H2,(H4,23,24,26). The summed E-state index contributed by atoms with van der Waals surface area (Å²) in [4.78, 5) is 8.09. The number of aromatic nitrogens is 3. The lowest BCUT2D eigenvalue weighted by Gasteiger charge is -2.30. The molecule has 0 bridgehead atoms. The van der Waals surface area contributed by atoms with E-state index in [-0.39, 0.29) is 12.4 Å². The fraction of sp³-hybridized carbons (Fsp3) is 0.190. The van der Waals surface area contributed by atoms with E-state index in [1.54, 1.807) is 54.7 Å². The lowest BCUT2D eigenvalue weighted by molar-refractivity contribution is 0.0846. The van der Waals surface area contributed by atoms with Crippen molar-refractivity contribution in [1.82, 2.24) is 15.1 Å². The molecule has 4 rings (SSSR count). The molecule has 0 saturated carbocycles. The van der Waals surface area contributed by atoms with Crippen molar-refractivity contribution >= 4 is 11.6 Å². The maximum atomic E-state index is 15.7. The number of anilines is 2. The van der Waals surface area contributed by atoms with Gasteiger partial charge in [0.05, 0.1) is 11.3 Å². The van der Waals surface area contributed by atoms with Gasteiger partial charge in [0.2, 0.25) is 5.88 Å². The van der Waals surface area contributed by atoms with E-state index in [0.29, 0.717) is 35.1 Å². The number of nitrogen functional groups attached to an aromatic ring is 2. The molecule has 0 fully saturated rings. The number of alkyl halides is 1. The van der Waals surface area contributed by atoms with Crippen molar-refractivity contribution in [3.8, 4) is 17.2 Å². The molecule has 8 heteroatoms. The van der Waals surface area contributed by atoms with Crippen LogP contribution in [-0.2, 0) is 6.42 Å². The van der Waals surface area contributed by atoms with Crippen LogP contribution in [-0.4, -0.2) is 27.4 Å². The Morgan fingerprint density at radius 3 is 2.86 bits per heavy atom. The SMILES string of the molecule is Nc1ccc(-c2cc(CC3C=CC=CC3(F)COc3ccccn3)no2)c(N)n1. The Kier molecular flexibility index (Phi) is 4.99. The molecular formula is C21H20FN5O2. The van der Waals surface area contributed by atoms with Crippen LogP contribution in [0.1, 0.15) is 5.69 Å². The second-order valence-electron chi connectivity index (χ2n) is 6.79. The second kappa shape index (κ2) is 7.75. The molecule has 0 amide bonds. The van der Waals surface area contributed by atoms with Crippen LogP contribution < -0.4 is 16.2 Å². The van der Waals surface area contributed by atoms with Crippen molar-refractivity contribution in [2.45, 2.75) is 12.1 Å². The minimum Gasteiger partial charge on any atom is -0.474 e. The van der Waals surface area contributed by atoms with Crippen LogP contribution in [0.25, 0.3) is 11.3 Å². The molecule has 29 heavy (non-hydrogen) atoms. The molecule has 148 valence electrons. The average Bonchev–Trinajstić information content (AvgIpc) is 3.17. The number of hydrogen-bond donors (Lipinski definition) is 2. The predicted octanol–water partition coefficient (Wildman–Crippen LogP) is 3.37. The topological polar surface area (TPSA) is 113 Å². The van der Waals surface area contributed by atoms with E-state index >= 15 is 4.39 Å². The number of allylic oxidation sites excluding steroid dienone is 3. The molecule has 1 aliphatic carbocycles. The molecule has 0 aliphatic heterocycles. The van der Waals surface area contributed by atoms with Crippen molar-refractivity contribution in [2.24, 2.45) is 5.92 Å². The predicted molar refractivity (Wildman–Crippen MR) is 108 cm³/mol. The first-order valence-electron chi connectivity index (χ1n) is 9.10. The molecule has 0 aromatic carbocycles. The third-order valence-electron chi connectivity index (χ3n) is 4.72. The summed E-state index contributed by atoms with van der Waals surface area (Å²) in [5.41, 5.74) is 11.0. The molecule has 3 aromatic rings. The van der Waals surface area contributed by atoms with E-state index in [4.69, 9.17) is 20.7 Å². The van der Waals surface area contributed by atoms with Crippen molar-refractivity contribution in [3.63, 3.8) is 0 Å². The van der Waals surface area contributed by atoms with Gasteiger partial charge in [-0.3, -0.25) is 0 Å². The van der Waals surface area contributed by atoms with Gasteiger partial charge in [0.25, 0.3) is 0 Å².